The molecule has 3 heteroatoms. The molecule has 0 bridgehead atoms. The molecule has 2 N–H and O–H groups in total. The van der Waals surface area contributed by atoms with E-state index in [9.17, 15) is 0 Å². The van der Waals surface area contributed by atoms with E-state index in [1.165, 1.54) is 26.4 Å². The molecule has 0 saturated carbocycles. The maximum absolute atomic E-state index is 5.67. The number of halogens is 1. The summed E-state index contributed by atoms with van der Waals surface area (Å²) in [5.74, 6) is 0. The van der Waals surface area contributed by atoms with Crippen molar-refractivity contribution in [3.05, 3.63) is 46.3 Å². The van der Waals surface area contributed by atoms with Gasteiger partial charge in [-0.25, -0.2) is 0 Å². The maximum Gasteiger partial charge on any atom is 0.0345 e. The fourth-order valence-electron chi connectivity index (χ4n) is 1.71. The van der Waals surface area contributed by atoms with Gasteiger partial charge in [0, 0.05) is 16.3 Å². The van der Waals surface area contributed by atoms with Gasteiger partial charge >= 0.3 is 0 Å². The van der Waals surface area contributed by atoms with Crippen LogP contribution in [0.1, 0.15) is 16.0 Å². The molecule has 1 aromatic carbocycles. The molecule has 0 amide bonds. The molecule has 0 aliphatic carbocycles. The first kappa shape index (κ1) is 13.2. The highest BCUT2D eigenvalue weighted by Crippen LogP contribution is 2.29. The van der Waals surface area contributed by atoms with Crippen LogP contribution in [0.4, 0.5) is 0 Å². The first-order valence-electron chi connectivity index (χ1n) is 5.06. The van der Waals surface area contributed by atoms with Crippen molar-refractivity contribution in [1.29, 1.82) is 0 Å². The van der Waals surface area contributed by atoms with Crippen LogP contribution >= 0.6 is 23.7 Å². The highest BCUT2D eigenvalue weighted by Gasteiger charge is 2.02. The minimum absolute atomic E-state index is 0. The zero-order valence-corrected chi connectivity index (χ0v) is 11.1. The summed E-state index contributed by atoms with van der Waals surface area (Å²) >= 11 is 1.83. The van der Waals surface area contributed by atoms with Gasteiger partial charge in [0.05, 0.1) is 0 Å². The van der Waals surface area contributed by atoms with Crippen LogP contribution in [0.25, 0.3) is 10.4 Å². The Bertz CT molecular complexity index is 477. The Labute approximate surface area is 107 Å². The Morgan fingerprint density at radius 3 is 2.44 bits per heavy atom. The predicted octanol–water partition coefficient (Wildman–Crippen LogP) is 3.91. The van der Waals surface area contributed by atoms with Crippen LogP contribution in [-0.2, 0) is 6.54 Å². The molecule has 1 heterocycles. The molecule has 1 aromatic heterocycles. The van der Waals surface area contributed by atoms with Crippen LogP contribution in [0.5, 0.6) is 0 Å². The fourth-order valence-corrected chi connectivity index (χ4v) is 2.57. The van der Waals surface area contributed by atoms with E-state index >= 15 is 0 Å². The van der Waals surface area contributed by atoms with Crippen molar-refractivity contribution < 1.29 is 0 Å². The minimum atomic E-state index is 0. The van der Waals surface area contributed by atoms with E-state index < -0.39 is 0 Å². The first-order chi connectivity index (χ1) is 7.19. The summed E-state index contributed by atoms with van der Waals surface area (Å²) in [6, 6.07) is 10.9. The molecule has 0 aliphatic heterocycles. The van der Waals surface area contributed by atoms with Crippen LogP contribution < -0.4 is 5.73 Å². The molecule has 2 rings (SSSR count). The number of nitrogens with two attached hydrogens (primary N) is 1. The molecule has 0 atom stereocenters. The molecule has 0 spiro atoms. The lowest BCUT2D eigenvalue weighted by Gasteiger charge is -2.04. The van der Waals surface area contributed by atoms with Crippen molar-refractivity contribution in [2.45, 2.75) is 20.4 Å². The highest BCUT2D eigenvalue weighted by atomic mass is 35.5. The van der Waals surface area contributed by atoms with Crippen molar-refractivity contribution in [2.24, 2.45) is 5.73 Å². The molecular weight excluding hydrogens is 238 g/mol. The molecule has 2 aromatic rings. The van der Waals surface area contributed by atoms with E-state index in [0.29, 0.717) is 6.54 Å². The van der Waals surface area contributed by atoms with Gasteiger partial charge < -0.3 is 5.73 Å². The smallest absolute Gasteiger partial charge is 0.0345 e. The van der Waals surface area contributed by atoms with E-state index in [1.54, 1.807) is 0 Å². The third-order valence-electron chi connectivity index (χ3n) is 2.40. The van der Waals surface area contributed by atoms with Crippen molar-refractivity contribution in [2.75, 3.05) is 0 Å². The summed E-state index contributed by atoms with van der Waals surface area (Å²) in [6.07, 6.45) is 0. The topological polar surface area (TPSA) is 26.0 Å². The lowest BCUT2D eigenvalue weighted by molar-refractivity contribution is 1.07. The number of aryl methyl sites for hydroxylation is 2. The SMILES string of the molecule is Cc1cc(CN)cc(-c2ccc(C)s2)c1.Cl. The quantitative estimate of drug-likeness (QED) is 0.863. The van der Waals surface area contributed by atoms with Gasteiger partial charge in [0.15, 0.2) is 0 Å². The van der Waals surface area contributed by atoms with E-state index in [-0.39, 0.29) is 12.4 Å². The number of thiophene rings is 1. The Hall–Kier alpha value is -0.830. The van der Waals surface area contributed by atoms with E-state index in [0.717, 1.165) is 0 Å². The van der Waals surface area contributed by atoms with Crippen LogP contribution in [-0.4, -0.2) is 0 Å². The Balaban J connectivity index is 0.00000128. The van der Waals surface area contributed by atoms with E-state index in [2.05, 4.69) is 44.2 Å². The molecule has 0 radical (unpaired) electrons. The lowest BCUT2D eigenvalue weighted by atomic mass is 10.1. The zero-order valence-electron chi connectivity index (χ0n) is 9.49. The number of hydrogen-bond acceptors (Lipinski definition) is 2. The third-order valence-corrected chi connectivity index (χ3v) is 3.45. The average Bonchev–Trinajstić information content (AvgIpc) is 2.64. The van der Waals surface area contributed by atoms with Crippen molar-refractivity contribution in [3.63, 3.8) is 0 Å². The summed E-state index contributed by atoms with van der Waals surface area (Å²) in [7, 11) is 0. The minimum Gasteiger partial charge on any atom is -0.326 e. The van der Waals surface area contributed by atoms with Crippen LogP contribution in [0.2, 0.25) is 0 Å². The van der Waals surface area contributed by atoms with Gasteiger partial charge in [-0.15, -0.1) is 23.7 Å². The van der Waals surface area contributed by atoms with Gasteiger partial charge in [0.2, 0.25) is 0 Å². The molecule has 0 unspecified atom stereocenters. The van der Waals surface area contributed by atoms with Crippen LogP contribution in [0.15, 0.2) is 30.3 Å². The second-order valence-electron chi connectivity index (χ2n) is 3.82. The molecule has 0 saturated heterocycles. The number of benzene rings is 1. The number of rotatable bonds is 2. The van der Waals surface area contributed by atoms with Crippen molar-refractivity contribution in [1.82, 2.24) is 0 Å². The van der Waals surface area contributed by atoms with Crippen molar-refractivity contribution in [3.8, 4) is 10.4 Å². The summed E-state index contributed by atoms with van der Waals surface area (Å²) in [4.78, 5) is 2.67. The monoisotopic (exact) mass is 253 g/mol. The van der Waals surface area contributed by atoms with Gasteiger partial charge in [0.1, 0.15) is 0 Å². The number of hydrogen-bond donors (Lipinski definition) is 1. The van der Waals surface area contributed by atoms with Gasteiger partial charge in [0.25, 0.3) is 0 Å². The molecule has 0 aliphatic rings. The highest BCUT2D eigenvalue weighted by molar-refractivity contribution is 7.15. The van der Waals surface area contributed by atoms with E-state index in [1.807, 2.05) is 11.3 Å². The van der Waals surface area contributed by atoms with Gasteiger partial charge in [-0.3, -0.25) is 0 Å². The lowest BCUT2D eigenvalue weighted by Crippen LogP contribution is -1.96. The largest absolute Gasteiger partial charge is 0.326 e. The van der Waals surface area contributed by atoms with Gasteiger partial charge in [-0.05, 0) is 43.2 Å². The Morgan fingerprint density at radius 1 is 1.12 bits per heavy atom. The van der Waals surface area contributed by atoms with E-state index in [4.69, 9.17) is 5.73 Å². The Morgan fingerprint density at radius 2 is 1.88 bits per heavy atom. The third kappa shape index (κ3) is 2.85. The van der Waals surface area contributed by atoms with Crippen molar-refractivity contribution >= 4 is 23.7 Å². The zero-order chi connectivity index (χ0) is 10.8. The molecule has 1 nitrogen and oxygen atoms in total. The predicted molar refractivity (Wildman–Crippen MR) is 74.4 cm³/mol. The normalized spacial score (nSPS) is 9.94. The standard InChI is InChI=1S/C13H15NS.ClH/c1-9-5-11(8-14)7-12(6-9)13-4-3-10(2)15-13;/h3-7H,8,14H2,1-2H3;1H. The summed E-state index contributed by atoms with van der Waals surface area (Å²) in [5, 5.41) is 0. The maximum atomic E-state index is 5.67. The van der Waals surface area contributed by atoms with Gasteiger partial charge in [-0.2, -0.15) is 0 Å². The fraction of sp³-hybridized carbons (Fsp3) is 0.231. The summed E-state index contributed by atoms with van der Waals surface area (Å²) in [5.41, 5.74) is 9.44. The average molecular weight is 254 g/mol. The summed E-state index contributed by atoms with van der Waals surface area (Å²) < 4.78 is 0. The molecule has 86 valence electrons. The molecular formula is C13H16ClNS. The Kier molecular flexibility index (Phi) is 4.54. The van der Waals surface area contributed by atoms with Gasteiger partial charge in [-0.1, -0.05) is 17.7 Å². The van der Waals surface area contributed by atoms with Crippen LogP contribution in [0.3, 0.4) is 0 Å². The second-order valence-corrected chi connectivity index (χ2v) is 5.11. The summed E-state index contributed by atoms with van der Waals surface area (Å²) in [6.45, 7) is 4.86. The molecule has 0 fully saturated rings. The molecule has 16 heavy (non-hydrogen) atoms. The van der Waals surface area contributed by atoms with Crippen LogP contribution in [0, 0.1) is 13.8 Å². The first-order valence-corrected chi connectivity index (χ1v) is 5.88. The second kappa shape index (κ2) is 5.48.